The van der Waals surface area contributed by atoms with Crippen molar-refractivity contribution in [1.82, 2.24) is 16.0 Å². The highest BCUT2D eigenvalue weighted by Crippen LogP contribution is 2.53. The fraction of sp³-hybridized carbons (Fsp3) is 0.720. The highest BCUT2D eigenvalue weighted by molar-refractivity contribution is 5.89. The number of benzene rings is 1. The first-order valence-electron chi connectivity index (χ1n) is 12.3. The Labute approximate surface area is 184 Å². The van der Waals surface area contributed by atoms with Gasteiger partial charge < -0.3 is 15.4 Å². The van der Waals surface area contributed by atoms with Gasteiger partial charge in [0.2, 0.25) is 5.91 Å². The van der Waals surface area contributed by atoms with Crippen LogP contribution in [0.1, 0.15) is 63.4 Å². The highest BCUT2D eigenvalue weighted by Gasteiger charge is 2.63. The molecule has 5 rings (SSSR count). The van der Waals surface area contributed by atoms with Gasteiger partial charge in [-0.1, -0.05) is 57.1 Å². The number of carbonyl (C=O) groups excluding carboxylic acids is 1. The molecule has 31 heavy (non-hydrogen) atoms. The summed E-state index contributed by atoms with van der Waals surface area (Å²) in [5, 5.41) is 10.2. The third-order valence-electron chi connectivity index (χ3n) is 8.46. The molecule has 0 radical (unpaired) electrons. The average molecular weight is 430 g/mol. The van der Waals surface area contributed by atoms with Crippen LogP contribution in [-0.4, -0.2) is 43.9 Å². The zero-order valence-electron chi connectivity index (χ0n) is 18.4. The third kappa shape index (κ3) is 3.91. The van der Waals surface area contributed by atoms with Crippen molar-refractivity contribution in [2.45, 2.75) is 74.8 Å². The normalized spacial score (nSPS) is 34.0. The Morgan fingerprint density at radius 2 is 1.81 bits per heavy atom. The molecular formula is C25H36FN3O2. The second kappa shape index (κ2) is 8.80. The summed E-state index contributed by atoms with van der Waals surface area (Å²) < 4.78 is 20.0. The Balaban J connectivity index is 1.59. The largest absolute Gasteiger partial charge is 0.372 e. The van der Waals surface area contributed by atoms with Gasteiger partial charge in [0.1, 0.15) is 11.4 Å². The molecule has 4 atom stereocenters. The molecule has 1 aromatic rings. The smallest absolute Gasteiger partial charge is 0.241 e. The molecule has 3 aliphatic heterocycles. The number of hydrogen-bond acceptors (Lipinski definition) is 4. The van der Waals surface area contributed by atoms with Gasteiger partial charge in [-0.15, -0.1) is 0 Å². The number of amides is 1. The van der Waals surface area contributed by atoms with Crippen LogP contribution >= 0.6 is 0 Å². The summed E-state index contributed by atoms with van der Waals surface area (Å²) >= 11 is 0. The van der Waals surface area contributed by atoms with E-state index in [4.69, 9.17) is 4.74 Å². The topological polar surface area (TPSA) is 65.7 Å². The van der Waals surface area contributed by atoms with Crippen LogP contribution in [0.5, 0.6) is 0 Å². The first kappa shape index (κ1) is 21.4. The van der Waals surface area contributed by atoms with E-state index < -0.39 is 5.54 Å². The van der Waals surface area contributed by atoms with Gasteiger partial charge in [-0.2, -0.15) is 0 Å². The zero-order chi connectivity index (χ0) is 21.3. The number of hydrogen-bond donors (Lipinski definition) is 3. The Hall–Kier alpha value is -1.50. The minimum atomic E-state index is -0.590. The van der Waals surface area contributed by atoms with Crippen LogP contribution in [0.15, 0.2) is 24.3 Å². The molecule has 3 heterocycles. The first-order chi connectivity index (χ1) is 15.1. The molecule has 3 unspecified atom stereocenters. The maximum atomic E-state index is 13.9. The van der Waals surface area contributed by atoms with Crippen molar-refractivity contribution in [3.05, 3.63) is 35.6 Å². The fourth-order valence-corrected chi connectivity index (χ4v) is 6.84. The summed E-state index contributed by atoms with van der Waals surface area (Å²) in [6.45, 7) is 2.83. The van der Waals surface area contributed by atoms with E-state index in [0.29, 0.717) is 12.6 Å². The summed E-state index contributed by atoms with van der Waals surface area (Å²) in [5.74, 6) is 0.565. The SMILES string of the molecule is O=C1NCNC12CCNCC2C(CC1CCCCCCC1)(c1ccc(F)cc1)[C@H]1CO1. The average Bonchev–Trinajstić information content (AvgIpc) is 3.55. The van der Waals surface area contributed by atoms with Gasteiger partial charge in [-0.25, -0.2) is 4.39 Å². The van der Waals surface area contributed by atoms with Gasteiger partial charge in [0.25, 0.3) is 0 Å². The number of carbonyl (C=O) groups is 1. The van der Waals surface area contributed by atoms with E-state index in [0.717, 1.165) is 38.1 Å². The molecule has 4 aliphatic rings. The Morgan fingerprint density at radius 3 is 2.45 bits per heavy atom. The molecule has 1 saturated carbocycles. The van der Waals surface area contributed by atoms with E-state index in [-0.39, 0.29) is 29.2 Å². The number of nitrogens with one attached hydrogen (secondary N) is 3. The Bertz CT molecular complexity index is 775. The van der Waals surface area contributed by atoms with E-state index >= 15 is 0 Å². The molecule has 0 bridgehead atoms. The van der Waals surface area contributed by atoms with Crippen molar-refractivity contribution in [2.75, 3.05) is 26.4 Å². The summed E-state index contributed by atoms with van der Waals surface area (Å²) in [7, 11) is 0. The van der Waals surface area contributed by atoms with Crippen LogP contribution in [0.2, 0.25) is 0 Å². The number of piperidine rings is 1. The lowest BCUT2D eigenvalue weighted by molar-refractivity contribution is -0.129. The fourth-order valence-electron chi connectivity index (χ4n) is 6.84. The number of epoxide rings is 1. The number of rotatable bonds is 5. The van der Waals surface area contributed by atoms with Crippen molar-refractivity contribution >= 4 is 5.91 Å². The van der Waals surface area contributed by atoms with Crippen LogP contribution in [-0.2, 0) is 14.9 Å². The van der Waals surface area contributed by atoms with Crippen molar-refractivity contribution in [1.29, 1.82) is 0 Å². The zero-order valence-corrected chi connectivity index (χ0v) is 18.4. The summed E-state index contributed by atoms with van der Waals surface area (Å²) in [5.41, 5.74) is 0.236. The monoisotopic (exact) mass is 429 g/mol. The van der Waals surface area contributed by atoms with Gasteiger partial charge in [0.05, 0.1) is 19.4 Å². The van der Waals surface area contributed by atoms with Crippen LogP contribution < -0.4 is 16.0 Å². The molecule has 4 fully saturated rings. The van der Waals surface area contributed by atoms with Crippen molar-refractivity contribution < 1.29 is 13.9 Å². The molecule has 5 nitrogen and oxygen atoms in total. The standard InChI is InChI=1S/C25H36FN3O2/c26-20-10-8-19(9-11-20)24(22-16-31-22,14-18-6-4-2-1-3-5-7-18)21-15-27-13-12-25(21)23(30)28-17-29-25/h8-11,18,21-22,27,29H,1-7,12-17H2,(H,28,30)/t21?,22-,24?,25?/m1/s1. The predicted octanol–water partition coefficient (Wildman–Crippen LogP) is 3.24. The molecule has 1 amide bonds. The van der Waals surface area contributed by atoms with Crippen molar-refractivity contribution in [2.24, 2.45) is 11.8 Å². The van der Waals surface area contributed by atoms with Crippen LogP contribution in [0.3, 0.4) is 0 Å². The lowest BCUT2D eigenvalue weighted by Gasteiger charge is -2.52. The Morgan fingerprint density at radius 1 is 1.10 bits per heavy atom. The van der Waals surface area contributed by atoms with Crippen LogP contribution in [0.4, 0.5) is 4.39 Å². The number of halogens is 1. The molecular weight excluding hydrogens is 393 g/mol. The predicted molar refractivity (Wildman–Crippen MR) is 118 cm³/mol. The highest BCUT2D eigenvalue weighted by atomic mass is 19.1. The van der Waals surface area contributed by atoms with E-state index in [9.17, 15) is 9.18 Å². The Kier molecular flexibility index (Phi) is 6.06. The second-order valence-corrected chi connectivity index (χ2v) is 10.1. The quantitative estimate of drug-likeness (QED) is 0.629. The van der Waals surface area contributed by atoms with E-state index in [1.165, 1.54) is 44.9 Å². The van der Waals surface area contributed by atoms with E-state index in [1.807, 2.05) is 12.1 Å². The first-order valence-corrected chi connectivity index (χ1v) is 12.3. The van der Waals surface area contributed by atoms with E-state index in [1.54, 1.807) is 12.1 Å². The maximum absolute atomic E-state index is 13.9. The summed E-state index contributed by atoms with van der Waals surface area (Å²) in [6.07, 6.45) is 10.9. The summed E-state index contributed by atoms with van der Waals surface area (Å²) in [6, 6.07) is 7.07. The third-order valence-corrected chi connectivity index (χ3v) is 8.46. The summed E-state index contributed by atoms with van der Waals surface area (Å²) in [4.78, 5) is 13.2. The van der Waals surface area contributed by atoms with E-state index in [2.05, 4.69) is 16.0 Å². The van der Waals surface area contributed by atoms with Crippen LogP contribution in [0, 0.1) is 17.7 Å². The van der Waals surface area contributed by atoms with Crippen molar-refractivity contribution in [3.8, 4) is 0 Å². The number of ether oxygens (including phenoxy) is 1. The lowest BCUT2D eigenvalue weighted by atomic mass is 9.55. The second-order valence-electron chi connectivity index (χ2n) is 10.1. The van der Waals surface area contributed by atoms with Gasteiger partial charge in [-0.05, 0) is 43.0 Å². The van der Waals surface area contributed by atoms with Gasteiger partial charge in [-0.3, -0.25) is 10.1 Å². The van der Waals surface area contributed by atoms with Crippen LogP contribution in [0.25, 0.3) is 0 Å². The lowest BCUT2D eigenvalue weighted by Crippen LogP contribution is -2.67. The maximum Gasteiger partial charge on any atom is 0.241 e. The molecule has 1 aromatic carbocycles. The molecule has 3 N–H and O–H groups in total. The molecule has 170 valence electrons. The molecule has 3 saturated heterocycles. The van der Waals surface area contributed by atoms with Gasteiger partial charge >= 0.3 is 0 Å². The minimum Gasteiger partial charge on any atom is -0.372 e. The van der Waals surface area contributed by atoms with Gasteiger partial charge in [0, 0.05) is 17.9 Å². The molecule has 1 spiro atoms. The minimum absolute atomic E-state index is 0.0552. The molecule has 6 heteroatoms. The molecule has 1 aliphatic carbocycles. The van der Waals surface area contributed by atoms with Gasteiger partial charge in [0.15, 0.2) is 0 Å². The molecule has 0 aromatic heterocycles. The van der Waals surface area contributed by atoms with Crippen molar-refractivity contribution in [3.63, 3.8) is 0 Å².